The van der Waals surface area contributed by atoms with Crippen LogP contribution in [0.5, 0.6) is 0 Å². The van der Waals surface area contributed by atoms with Gasteiger partial charge < -0.3 is 5.32 Å². The normalized spacial score (nSPS) is 12.7. The Bertz CT molecular complexity index is 595. The number of benzene rings is 1. The lowest BCUT2D eigenvalue weighted by Crippen LogP contribution is -2.20. The molecule has 0 unspecified atom stereocenters. The summed E-state index contributed by atoms with van der Waals surface area (Å²) in [7, 11) is 1.94. The highest BCUT2D eigenvalue weighted by Crippen LogP contribution is 2.22. The summed E-state index contributed by atoms with van der Waals surface area (Å²) in [5.41, 5.74) is 3.10. The van der Waals surface area contributed by atoms with Crippen LogP contribution in [0.25, 0.3) is 0 Å². The highest BCUT2D eigenvalue weighted by Gasteiger charge is 2.13. The zero-order valence-electron chi connectivity index (χ0n) is 12.0. The van der Waals surface area contributed by atoms with Crippen LogP contribution in [0, 0.1) is 5.82 Å². The van der Waals surface area contributed by atoms with Crippen molar-refractivity contribution in [3.05, 3.63) is 51.5 Å². The molecule has 1 aromatic carbocycles. The molecule has 3 nitrogen and oxygen atoms in total. The van der Waals surface area contributed by atoms with E-state index in [2.05, 4.69) is 33.3 Å². The molecular weight excluding hydrogens is 321 g/mol. The quantitative estimate of drug-likeness (QED) is 0.899. The summed E-state index contributed by atoms with van der Waals surface area (Å²) in [6, 6.07) is 6.77. The molecule has 2 aromatic rings. The molecule has 108 valence electrons. The maximum Gasteiger partial charge on any atom is 0.123 e. The summed E-state index contributed by atoms with van der Waals surface area (Å²) in [5, 5.41) is 7.87. The second kappa shape index (κ2) is 6.50. The van der Waals surface area contributed by atoms with E-state index in [0.717, 1.165) is 27.8 Å². The van der Waals surface area contributed by atoms with Gasteiger partial charge >= 0.3 is 0 Å². The molecule has 0 radical (unpaired) electrons. The summed E-state index contributed by atoms with van der Waals surface area (Å²) in [5.74, 6) is -0.203. The number of hydrogen-bond donors (Lipinski definition) is 1. The van der Waals surface area contributed by atoms with Crippen molar-refractivity contribution in [1.29, 1.82) is 0 Å². The molecule has 2 rings (SSSR count). The third-order valence-corrected chi connectivity index (χ3v) is 4.34. The van der Waals surface area contributed by atoms with Crippen LogP contribution >= 0.6 is 15.9 Å². The van der Waals surface area contributed by atoms with Gasteiger partial charge in [0.1, 0.15) is 5.82 Å². The van der Waals surface area contributed by atoms with Crippen LogP contribution < -0.4 is 5.32 Å². The number of aromatic nitrogens is 2. The Labute approximate surface area is 127 Å². The Morgan fingerprint density at radius 2 is 2.20 bits per heavy atom. The summed E-state index contributed by atoms with van der Waals surface area (Å²) in [6.45, 7) is 4.79. The second-order valence-electron chi connectivity index (χ2n) is 4.84. The fourth-order valence-corrected chi connectivity index (χ4v) is 2.91. The minimum Gasteiger partial charge on any atom is -0.305 e. The van der Waals surface area contributed by atoms with Crippen molar-refractivity contribution >= 4 is 15.9 Å². The van der Waals surface area contributed by atoms with E-state index >= 15 is 0 Å². The van der Waals surface area contributed by atoms with Crippen LogP contribution in [-0.2, 0) is 20.0 Å². The first kappa shape index (κ1) is 15.2. The molecule has 1 heterocycles. The molecule has 0 aliphatic heterocycles. The molecule has 0 saturated heterocycles. The van der Waals surface area contributed by atoms with Crippen molar-refractivity contribution in [1.82, 2.24) is 15.1 Å². The first-order chi connectivity index (χ1) is 9.52. The average Bonchev–Trinajstić information content (AvgIpc) is 2.71. The molecule has 1 N–H and O–H groups in total. The predicted molar refractivity (Wildman–Crippen MR) is 81.9 cm³/mol. The molecule has 1 aromatic heterocycles. The Balaban J connectivity index is 2.07. The molecule has 0 aliphatic carbocycles. The van der Waals surface area contributed by atoms with E-state index in [1.54, 1.807) is 12.1 Å². The van der Waals surface area contributed by atoms with Gasteiger partial charge in [0, 0.05) is 19.6 Å². The Morgan fingerprint density at radius 3 is 2.80 bits per heavy atom. The molecule has 20 heavy (non-hydrogen) atoms. The number of nitrogens with zero attached hydrogens (tertiary/aromatic N) is 2. The van der Waals surface area contributed by atoms with Crippen LogP contribution in [0.2, 0.25) is 0 Å². The molecule has 0 spiro atoms. The number of halogens is 2. The maximum atomic E-state index is 13.2. The Kier molecular flexibility index (Phi) is 4.94. The largest absolute Gasteiger partial charge is 0.305 e. The lowest BCUT2D eigenvalue weighted by molar-refractivity contribution is 0.541. The molecule has 0 fully saturated rings. The number of rotatable bonds is 5. The van der Waals surface area contributed by atoms with Crippen molar-refractivity contribution < 1.29 is 4.39 Å². The lowest BCUT2D eigenvalue weighted by atomic mass is 10.1. The number of hydrogen-bond acceptors (Lipinski definition) is 2. The van der Waals surface area contributed by atoms with Crippen molar-refractivity contribution in [2.45, 2.75) is 32.9 Å². The first-order valence-electron chi connectivity index (χ1n) is 6.72. The van der Waals surface area contributed by atoms with E-state index in [1.807, 2.05) is 24.7 Å². The fourth-order valence-electron chi connectivity index (χ4n) is 2.16. The first-order valence-corrected chi connectivity index (χ1v) is 7.51. The SMILES string of the molecule is CCc1nn(C)c(CN[C@H](C)c2cccc(F)c2)c1Br. The number of aryl methyl sites for hydroxylation is 2. The maximum absolute atomic E-state index is 13.2. The molecular formula is C15H19BrFN3. The van der Waals surface area contributed by atoms with Crippen LogP contribution in [0.4, 0.5) is 4.39 Å². The number of nitrogens with one attached hydrogen (secondary N) is 1. The van der Waals surface area contributed by atoms with Crippen LogP contribution in [0.3, 0.4) is 0 Å². The van der Waals surface area contributed by atoms with Crippen LogP contribution in [0.1, 0.15) is 36.8 Å². The van der Waals surface area contributed by atoms with E-state index in [1.165, 1.54) is 6.07 Å². The van der Waals surface area contributed by atoms with Gasteiger partial charge in [-0.2, -0.15) is 5.10 Å². The van der Waals surface area contributed by atoms with Gasteiger partial charge in [-0.15, -0.1) is 0 Å². The summed E-state index contributed by atoms with van der Waals surface area (Å²) in [6.07, 6.45) is 0.897. The minimum absolute atomic E-state index is 0.0811. The van der Waals surface area contributed by atoms with Gasteiger partial charge in [0.25, 0.3) is 0 Å². The fraction of sp³-hybridized carbons (Fsp3) is 0.400. The van der Waals surface area contributed by atoms with E-state index in [-0.39, 0.29) is 11.9 Å². The highest BCUT2D eigenvalue weighted by atomic mass is 79.9. The topological polar surface area (TPSA) is 29.9 Å². The van der Waals surface area contributed by atoms with Crippen molar-refractivity contribution in [3.8, 4) is 0 Å². The van der Waals surface area contributed by atoms with Gasteiger partial charge in [0.15, 0.2) is 0 Å². The third kappa shape index (κ3) is 3.27. The van der Waals surface area contributed by atoms with Gasteiger partial charge in [-0.1, -0.05) is 19.1 Å². The van der Waals surface area contributed by atoms with E-state index in [4.69, 9.17) is 0 Å². The monoisotopic (exact) mass is 339 g/mol. The summed E-state index contributed by atoms with van der Waals surface area (Å²) in [4.78, 5) is 0. The average molecular weight is 340 g/mol. The zero-order chi connectivity index (χ0) is 14.7. The zero-order valence-corrected chi connectivity index (χ0v) is 13.5. The van der Waals surface area contributed by atoms with E-state index in [0.29, 0.717) is 6.54 Å². The summed E-state index contributed by atoms with van der Waals surface area (Å²) < 4.78 is 16.2. The molecule has 0 amide bonds. The predicted octanol–water partition coefficient (Wildman–Crippen LogP) is 3.73. The Hall–Kier alpha value is -1.20. The van der Waals surface area contributed by atoms with Gasteiger partial charge in [0.05, 0.1) is 15.9 Å². The van der Waals surface area contributed by atoms with E-state index < -0.39 is 0 Å². The van der Waals surface area contributed by atoms with Gasteiger partial charge in [0.2, 0.25) is 0 Å². The van der Waals surface area contributed by atoms with Crippen molar-refractivity contribution in [2.75, 3.05) is 0 Å². The molecule has 0 aliphatic rings. The standard InChI is InChI=1S/C15H19BrFN3/c1-4-13-15(16)14(20(3)19-13)9-18-10(2)11-6-5-7-12(17)8-11/h5-8,10,18H,4,9H2,1-3H3/t10-/m1/s1. The third-order valence-electron chi connectivity index (χ3n) is 3.43. The van der Waals surface area contributed by atoms with Crippen LogP contribution in [-0.4, -0.2) is 9.78 Å². The molecule has 1 atom stereocenters. The van der Waals surface area contributed by atoms with Crippen molar-refractivity contribution in [3.63, 3.8) is 0 Å². The lowest BCUT2D eigenvalue weighted by Gasteiger charge is -2.14. The van der Waals surface area contributed by atoms with Gasteiger partial charge in [-0.05, 0) is 47.0 Å². The minimum atomic E-state index is -0.203. The molecule has 0 bridgehead atoms. The molecule has 0 saturated carbocycles. The van der Waals surface area contributed by atoms with Crippen LogP contribution in [0.15, 0.2) is 28.7 Å². The van der Waals surface area contributed by atoms with Gasteiger partial charge in [-0.25, -0.2) is 4.39 Å². The molecule has 5 heteroatoms. The van der Waals surface area contributed by atoms with Gasteiger partial charge in [-0.3, -0.25) is 4.68 Å². The van der Waals surface area contributed by atoms with E-state index in [9.17, 15) is 4.39 Å². The Morgan fingerprint density at radius 1 is 1.45 bits per heavy atom. The van der Waals surface area contributed by atoms with Crippen molar-refractivity contribution in [2.24, 2.45) is 7.05 Å². The second-order valence-corrected chi connectivity index (χ2v) is 5.64. The summed E-state index contributed by atoms with van der Waals surface area (Å²) >= 11 is 3.60. The highest BCUT2D eigenvalue weighted by molar-refractivity contribution is 9.10. The smallest absolute Gasteiger partial charge is 0.123 e.